The van der Waals surface area contributed by atoms with E-state index in [9.17, 15) is 24.0 Å². The molecule has 342 valence electrons. The summed E-state index contributed by atoms with van der Waals surface area (Å²) in [6.07, 6.45) is -0.823. The lowest BCUT2D eigenvalue weighted by Crippen LogP contribution is -2.60. The molecule has 15 heteroatoms. The maximum atomic E-state index is 14.9. The second-order valence-corrected chi connectivity index (χ2v) is 18.3. The van der Waals surface area contributed by atoms with E-state index in [0.717, 1.165) is 27.9 Å². The Labute approximate surface area is 381 Å². The average Bonchev–Trinajstić information content (AvgIpc) is 3.60. The van der Waals surface area contributed by atoms with Crippen LogP contribution < -0.4 is 16.0 Å². The molecule has 0 radical (unpaired) electrons. The Morgan fingerprint density at radius 3 is 1.94 bits per heavy atom. The van der Waals surface area contributed by atoms with E-state index in [-0.39, 0.29) is 25.3 Å². The molecular weight excluding hydrogens is 836 g/mol. The van der Waals surface area contributed by atoms with Crippen LogP contribution in [0.5, 0.6) is 0 Å². The van der Waals surface area contributed by atoms with E-state index in [2.05, 4.69) is 20.9 Å². The van der Waals surface area contributed by atoms with Gasteiger partial charge in [0, 0.05) is 43.9 Å². The number of amides is 5. The molecule has 0 bridgehead atoms. The summed E-state index contributed by atoms with van der Waals surface area (Å²) in [4.78, 5) is 76.8. The summed E-state index contributed by atoms with van der Waals surface area (Å²) in [6, 6.07) is 28.1. The molecule has 1 aromatic heterocycles. The predicted molar refractivity (Wildman–Crippen MR) is 245 cm³/mol. The molecule has 0 saturated carbocycles. The van der Waals surface area contributed by atoms with Gasteiger partial charge in [-0.2, -0.15) is 0 Å². The second kappa shape index (κ2) is 22.5. The summed E-state index contributed by atoms with van der Waals surface area (Å²) in [5, 5.41) is 8.99. The van der Waals surface area contributed by atoms with E-state index < -0.39 is 71.2 Å². The van der Waals surface area contributed by atoms with Crippen molar-refractivity contribution in [1.82, 2.24) is 30.7 Å². The number of halogens is 1. The highest BCUT2D eigenvalue weighted by molar-refractivity contribution is 6.17. The Kier molecular flexibility index (Phi) is 17.2. The molecule has 64 heavy (non-hydrogen) atoms. The minimum Gasteiger partial charge on any atom is -0.453 e. The molecule has 1 saturated heterocycles. The summed E-state index contributed by atoms with van der Waals surface area (Å²) < 4.78 is 16.0. The smallest absolute Gasteiger partial charge is 0.453 e. The summed E-state index contributed by atoms with van der Waals surface area (Å²) >= 11 is 5.84. The van der Waals surface area contributed by atoms with Crippen LogP contribution in [0.3, 0.4) is 0 Å². The van der Waals surface area contributed by atoms with E-state index in [4.69, 9.17) is 25.8 Å². The normalized spacial score (nSPS) is 15.3. The van der Waals surface area contributed by atoms with Crippen molar-refractivity contribution in [3.05, 3.63) is 126 Å². The molecule has 0 spiro atoms. The van der Waals surface area contributed by atoms with Gasteiger partial charge in [0.15, 0.2) is 6.07 Å². The highest BCUT2D eigenvalue weighted by atomic mass is 35.5. The Morgan fingerprint density at radius 1 is 0.734 bits per heavy atom. The summed E-state index contributed by atoms with van der Waals surface area (Å²) in [5.41, 5.74) is 2.85. The molecule has 14 nitrogen and oxygen atoms in total. The summed E-state index contributed by atoms with van der Waals surface area (Å²) in [5.74, 6) is -0.942. The van der Waals surface area contributed by atoms with Crippen LogP contribution in [0.15, 0.2) is 109 Å². The van der Waals surface area contributed by atoms with Crippen molar-refractivity contribution in [2.24, 2.45) is 10.8 Å². The van der Waals surface area contributed by atoms with Crippen LogP contribution in [0.25, 0.3) is 11.3 Å². The molecule has 5 atom stereocenters. The van der Waals surface area contributed by atoms with Crippen LogP contribution in [-0.2, 0) is 43.2 Å². The number of nitrogens with zero attached hydrogens (tertiary/aromatic N) is 3. The lowest BCUT2D eigenvalue weighted by Gasteiger charge is -2.39. The Morgan fingerprint density at radius 2 is 1.36 bits per heavy atom. The standard InChI is InChI=1S/C49H61ClN6O8/c1-48(2,3)41(54-45(59)62-7)43(57)52-37(28-34-21-23-36(24-22-34)38-20-14-15-25-51-38)30-40(64-47(61)63-32-50)39(29-33-16-10-8-11-17-33)53-44(58)42(49(4,5)6)56-27-26-55(46(56)60)31-35-18-12-9-13-19-35/h8-25,37,39-42H,26-32H2,1-7H3,(H,52,57)(H,53,58)(H,54,59)/t37-,39+,40+,41-,42-/m1/s1. The number of alkyl carbamates (subject to hydrolysis) is 1. The maximum Gasteiger partial charge on any atom is 0.509 e. The average molecular weight is 898 g/mol. The fourth-order valence-electron chi connectivity index (χ4n) is 7.94. The predicted octanol–water partition coefficient (Wildman–Crippen LogP) is 7.73. The summed E-state index contributed by atoms with van der Waals surface area (Å²) in [7, 11) is 1.22. The van der Waals surface area contributed by atoms with E-state index in [1.165, 1.54) is 7.11 Å². The number of ether oxygens (including phenoxy) is 3. The van der Waals surface area contributed by atoms with Crippen LogP contribution in [-0.4, -0.2) is 101 Å². The molecule has 5 amide bonds. The van der Waals surface area contributed by atoms with Crippen molar-refractivity contribution < 1.29 is 38.2 Å². The largest absolute Gasteiger partial charge is 0.509 e. The first-order valence-corrected chi connectivity index (χ1v) is 22.0. The molecule has 3 aromatic carbocycles. The van der Waals surface area contributed by atoms with Crippen LogP contribution >= 0.6 is 11.6 Å². The van der Waals surface area contributed by atoms with Gasteiger partial charge >= 0.3 is 18.3 Å². The number of aromatic nitrogens is 1. The number of urea groups is 1. The molecule has 1 aliphatic heterocycles. The first-order chi connectivity index (χ1) is 30.5. The quantitative estimate of drug-likeness (QED) is 0.0669. The molecule has 2 heterocycles. The molecule has 4 aromatic rings. The zero-order valence-electron chi connectivity index (χ0n) is 37.7. The SMILES string of the molecule is COC(=O)N[C@H](C(=O)N[C@H](Cc1ccc(-c2ccccn2)cc1)C[C@H](OC(=O)OCCl)[C@H](Cc1ccccc1)NC(=O)[C@@H](N1CCN(Cc2ccccc2)C1=O)C(C)(C)C)C(C)(C)C. The Bertz CT molecular complexity index is 2150. The zero-order chi connectivity index (χ0) is 46.4. The fourth-order valence-corrected chi connectivity index (χ4v) is 8.02. The number of pyridine rings is 1. The number of benzene rings is 3. The fraction of sp³-hybridized carbons (Fsp3) is 0.429. The second-order valence-electron chi connectivity index (χ2n) is 18.1. The number of rotatable bonds is 18. The van der Waals surface area contributed by atoms with Gasteiger partial charge in [0.05, 0.1) is 18.8 Å². The number of carbonyl (C=O) groups excluding carboxylic acids is 5. The number of nitrogens with one attached hydrogen (secondary N) is 3. The molecular formula is C49H61ClN6O8. The lowest BCUT2D eigenvalue weighted by molar-refractivity contribution is -0.131. The third-order valence-corrected chi connectivity index (χ3v) is 11.2. The van der Waals surface area contributed by atoms with E-state index in [0.29, 0.717) is 19.6 Å². The van der Waals surface area contributed by atoms with Gasteiger partial charge in [0.25, 0.3) is 0 Å². The van der Waals surface area contributed by atoms with Gasteiger partial charge < -0.3 is 40.0 Å². The van der Waals surface area contributed by atoms with Gasteiger partial charge in [-0.3, -0.25) is 14.6 Å². The minimum atomic E-state index is -1.12. The zero-order valence-corrected chi connectivity index (χ0v) is 38.5. The van der Waals surface area contributed by atoms with Crippen molar-refractivity contribution in [2.45, 2.75) is 97.6 Å². The first kappa shape index (κ1) is 48.9. The van der Waals surface area contributed by atoms with Crippen molar-refractivity contribution in [3.8, 4) is 11.3 Å². The molecule has 1 fully saturated rings. The molecule has 3 N–H and O–H groups in total. The molecule has 5 rings (SSSR count). The van der Waals surface area contributed by atoms with Gasteiger partial charge in [-0.05, 0) is 52.5 Å². The van der Waals surface area contributed by atoms with Crippen LogP contribution in [0.1, 0.15) is 64.7 Å². The van der Waals surface area contributed by atoms with Crippen molar-refractivity contribution in [2.75, 3.05) is 26.3 Å². The van der Waals surface area contributed by atoms with Gasteiger partial charge in [-0.25, -0.2) is 14.4 Å². The molecule has 0 unspecified atom stereocenters. The maximum absolute atomic E-state index is 14.9. The first-order valence-electron chi connectivity index (χ1n) is 21.4. The van der Waals surface area contributed by atoms with Crippen molar-refractivity contribution in [1.29, 1.82) is 0 Å². The van der Waals surface area contributed by atoms with Gasteiger partial charge in [0.2, 0.25) is 11.8 Å². The van der Waals surface area contributed by atoms with Crippen LogP contribution in [0.4, 0.5) is 14.4 Å². The summed E-state index contributed by atoms with van der Waals surface area (Å²) in [6.45, 7) is 12.3. The van der Waals surface area contributed by atoms with Crippen molar-refractivity contribution >= 4 is 41.7 Å². The number of hydrogen-bond acceptors (Lipinski definition) is 9. The van der Waals surface area contributed by atoms with Crippen LogP contribution in [0, 0.1) is 10.8 Å². The van der Waals surface area contributed by atoms with Crippen LogP contribution in [0.2, 0.25) is 0 Å². The molecule has 1 aliphatic rings. The highest BCUT2D eigenvalue weighted by Gasteiger charge is 2.45. The van der Waals surface area contributed by atoms with E-state index in [1.54, 1.807) is 16.0 Å². The Hall–Kier alpha value is -6.15. The third kappa shape index (κ3) is 13.9. The van der Waals surface area contributed by atoms with Gasteiger partial charge in [0.1, 0.15) is 18.2 Å². The third-order valence-electron chi connectivity index (χ3n) is 11.1. The monoisotopic (exact) mass is 896 g/mol. The lowest BCUT2D eigenvalue weighted by atomic mass is 9.84. The number of carbonyl (C=O) groups is 5. The minimum absolute atomic E-state index is 0.0222. The van der Waals surface area contributed by atoms with Gasteiger partial charge in [-0.15, -0.1) is 0 Å². The number of methoxy groups -OCH3 is 1. The highest BCUT2D eigenvalue weighted by Crippen LogP contribution is 2.30. The Balaban J connectivity index is 1.52. The van der Waals surface area contributed by atoms with E-state index in [1.807, 2.05) is 145 Å². The van der Waals surface area contributed by atoms with Crippen molar-refractivity contribution in [3.63, 3.8) is 0 Å². The van der Waals surface area contributed by atoms with E-state index >= 15 is 0 Å². The van der Waals surface area contributed by atoms with Gasteiger partial charge in [-0.1, -0.05) is 144 Å². The molecule has 0 aliphatic carbocycles. The topological polar surface area (TPSA) is 169 Å². The number of hydrogen-bond donors (Lipinski definition) is 3. The number of alkyl halides is 1.